The van der Waals surface area contributed by atoms with Gasteiger partial charge in [0, 0.05) is 31.1 Å². The summed E-state index contributed by atoms with van der Waals surface area (Å²) in [4.78, 5) is 2.37. The summed E-state index contributed by atoms with van der Waals surface area (Å²) in [7, 11) is 0. The normalized spacial score (nSPS) is 14.1. The van der Waals surface area contributed by atoms with Crippen molar-refractivity contribution in [3.8, 4) is 0 Å². The third-order valence-electron chi connectivity index (χ3n) is 3.25. The molecule has 0 radical (unpaired) electrons. The van der Waals surface area contributed by atoms with E-state index in [1.165, 1.54) is 17.7 Å². The summed E-state index contributed by atoms with van der Waals surface area (Å²) < 4.78 is 5.61. The number of rotatable bonds is 6. The van der Waals surface area contributed by atoms with Gasteiger partial charge in [-0.2, -0.15) is 0 Å². The van der Waals surface area contributed by atoms with Gasteiger partial charge in [0.2, 0.25) is 0 Å². The average molecular weight is 234 g/mol. The molecule has 2 N–H and O–H groups in total. The van der Waals surface area contributed by atoms with E-state index in [4.69, 9.17) is 10.5 Å². The Bertz CT molecular complexity index is 365. The number of unbranched alkanes of at least 4 members (excludes halogenated alkanes) is 1. The molecule has 0 atom stereocenters. The molecule has 94 valence electrons. The van der Waals surface area contributed by atoms with Crippen LogP contribution in [0.3, 0.4) is 0 Å². The van der Waals surface area contributed by atoms with Crippen molar-refractivity contribution in [3.05, 3.63) is 23.8 Å². The van der Waals surface area contributed by atoms with Gasteiger partial charge in [0.15, 0.2) is 0 Å². The first-order valence-corrected chi connectivity index (χ1v) is 6.52. The number of nitrogens with zero attached hydrogens (tertiary/aromatic N) is 1. The minimum Gasteiger partial charge on any atom is -0.399 e. The van der Waals surface area contributed by atoms with Gasteiger partial charge in [-0.1, -0.05) is 19.4 Å². The second-order valence-corrected chi connectivity index (χ2v) is 4.59. The van der Waals surface area contributed by atoms with Crippen LogP contribution < -0.4 is 10.6 Å². The minimum atomic E-state index is 0.814. The van der Waals surface area contributed by atoms with Crippen LogP contribution in [0, 0.1) is 0 Å². The van der Waals surface area contributed by atoms with Crippen molar-refractivity contribution < 1.29 is 4.74 Å². The Balaban J connectivity index is 1.82. The molecule has 0 saturated heterocycles. The van der Waals surface area contributed by atoms with E-state index in [0.29, 0.717) is 0 Å². The van der Waals surface area contributed by atoms with Crippen LogP contribution in [0.2, 0.25) is 0 Å². The summed E-state index contributed by atoms with van der Waals surface area (Å²) in [6.07, 6.45) is 3.48. The third-order valence-corrected chi connectivity index (χ3v) is 3.25. The fraction of sp³-hybridized carbons (Fsp3) is 0.571. The molecule has 0 spiro atoms. The number of fused-ring (bicyclic) bond motifs is 1. The van der Waals surface area contributed by atoms with Gasteiger partial charge in [0.25, 0.3) is 0 Å². The van der Waals surface area contributed by atoms with Gasteiger partial charge in [-0.15, -0.1) is 0 Å². The molecule has 0 bridgehead atoms. The lowest BCUT2D eigenvalue weighted by molar-refractivity contribution is 0.137. The Labute approximate surface area is 104 Å². The number of nitrogens with two attached hydrogens (primary N) is 1. The van der Waals surface area contributed by atoms with Crippen molar-refractivity contribution in [2.24, 2.45) is 0 Å². The highest BCUT2D eigenvalue weighted by atomic mass is 16.5. The quantitative estimate of drug-likeness (QED) is 0.607. The largest absolute Gasteiger partial charge is 0.399 e. The lowest BCUT2D eigenvalue weighted by Gasteiger charge is -2.19. The van der Waals surface area contributed by atoms with Crippen LogP contribution in [-0.4, -0.2) is 26.3 Å². The molecule has 3 nitrogen and oxygen atoms in total. The van der Waals surface area contributed by atoms with Crippen LogP contribution in [0.25, 0.3) is 0 Å². The Morgan fingerprint density at radius 1 is 1.35 bits per heavy atom. The van der Waals surface area contributed by atoms with Crippen molar-refractivity contribution in [3.63, 3.8) is 0 Å². The standard InChI is InChI=1S/C14H22N2O/c1-2-3-9-17-10-8-16-7-6-12-4-5-13(15)11-14(12)16/h4-5,11H,2-3,6-10,15H2,1H3. The number of hydrogen-bond acceptors (Lipinski definition) is 3. The molecular formula is C14H22N2O. The van der Waals surface area contributed by atoms with Gasteiger partial charge in [0.1, 0.15) is 0 Å². The zero-order chi connectivity index (χ0) is 12.1. The van der Waals surface area contributed by atoms with Crippen LogP contribution in [0.5, 0.6) is 0 Å². The first-order chi connectivity index (χ1) is 8.31. The van der Waals surface area contributed by atoms with Crippen molar-refractivity contribution in [1.29, 1.82) is 0 Å². The first kappa shape index (κ1) is 12.2. The molecule has 3 heteroatoms. The predicted octanol–water partition coefficient (Wildman–Crippen LogP) is 2.45. The monoisotopic (exact) mass is 234 g/mol. The van der Waals surface area contributed by atoms with Crippen molar-refractivity contribution in [2.45, 2.75) is 26.2 Å². The number of ether oxygens (including phenoxy) is 1. The smallest absolute Gasteiger partial charge is 0.0641 e. The van der Waals surface area contributed by atoms with Crippen LogP contribution in [0.15, 0.2) is 18.2 Å². The second-order valence-electron chi connectivity index (χ2n) is 4.59. The fourth-order valence-electron chi connectivity index (χ4n) is 2.22. The summed E-state index contributed by atoms with van der Waals surface area (Å²) in [5.74, 6) is 0. The molecule has 1 aliphatic rings. The molecule has 1 heterocycles. The molecular weight excluding hydrogens is 212 g/mol. The fourth-order valence-corrected chi connectivity index (χ4v) is 2.22. The van der Waals surface area contributed by atoms with E-state index in [9.17, 15) is 0 Å². The first-order valence-electron chi connectivity index (χ1n) is 6.52. The van der Waals surface area contributed by atoms with E-state index in [-0.39, 0.29) is 0 Å². The third kappa shape index (κ3) is 3.13. The summed E-state index contributed by atoms with van der Waals surface area (Å²) >= 11 is 0. The molecule has 1 aromatic rings. The summed E-state index contributed by atoms with van der Waals surface area (Å²) in [5, 5.41) is 0. The zero-order valence-corrected chi connectivity index (χ0v) is 10.6. The highest BCUT2D eigenvalue weighted by Gasteiger charge is 2.18. The zero-order valence-electron chi connectivity index (χ0n) is 10.6. The molecule has 0 unspecified atom stereocenters. The maximum atomic E-state index is 5.83. The van der Waals surface area contributed by atoms with Gasteiger partial charge in [-0.25, -0.2) is 0 Å². The molecule has 0 amide bonds. The number of hydrogen-bond donors (Lipinski definition) is 1. The number of benzene rings is 1. The molecule has 0 fully saturated rings. The van der Waals surface area contributed by atoms with E-state index in [0.717, 1.165) is 44.8 Å². The van der Waals surface area contributed by atoms with E-state index in [1.807, 2.05) is 6.07 Å². The molecule has 2 rings (SSSR count). The molecule has 17 heavy (non-hydrogen) atoms. The van der Waals surface area contributed by atoms with Gasteiger partial charge < -0.3 is 15.4 Å². The Hall–Kier alpha value is -1.22. The summed E-state index contributed by atoms with van der Waals surface area (Å²) in [6.45, 7) is 5.95. The van der Waals surface area contributed by atoms with E-state index >= 15 is 0 Å². The number of anilines is 2. The summed E-state index contributed by atoms with van der Waals surface area (Å²) in [6, 6.07) is 6.21. The van der Waals surface area contributed by atoms with Crippen molar-refractivity contribution in [1.82, 2.24) is 0 Å². The maximum Gasteiger partial charge on any atom is 0.0641 e. The number of nitrogen functional groups attached to an aromatic ring is 1. The highest BCUT2D eigenvalue weighted by Crippen LogP contribution is 2.29. The molecule has 0 saturated carbocycles. The lowest BCUT2D eigenvalue weighted by Crippen LogP contribution is -2.25. The molecule has 1 aliphatic heterocycles. The highest BCUT2D eigenvalue weighted by molar-refractivity contribution is 5.64. The predicted molar refractivity (Wildman–Crippen MR) is 72.5 cm³/mol. The van der Waals surface area contributed by atoms with Crippen LogP contribution in [0.1, 0.15) is 25.3 Å². The SMILES string of the molecule is CCCCOCCN1CCc2ccc(N)cc21. The van der Waals surface area contributed by atoms with Crippen LogP contribution in [-0.2, 0) is 11.2 Å². The van der Waals surface area contributed by atoms with Crippen LogP contribution >= 0.6 is 0 Å². The van der Waals surface area contributed by atoms with Gasteiger partial charge in [-0.05, 0) is 30.5 Å². The van der Waals surface area contributed by atoms with Gasteiger partial charge >= 0.3 is 0 Å². The molecule has 0 aliphatic carbocycles. The Morgan fingerprint density at radius 2 is 2.24 bits per heavy atom. The summed E-state index contributed by atoms with van der Waals surface area (Å²) in [5.41, 5.74) is 9.38. The molecule has 1 aromatic carbocycles. The van der Waals surface area contributed by atoms with Crippen LogP contribution in [0.4, 0.5) is 11.4 Å². The Morgan fingerprint density at radius 3 is 3.06 bits per heavy atom. The van der Waals surface area contributed by atoms with E-state index in [1.54, 1.807) is 0 Å². The van der Waals surface area contributed by atoms with Gasteiger partial charge in [0.05, 0.1) is 6.61 Å². The van der Waals surface area contributed by atoms with Crippen molar-refractivity contribution in [2.75, 3.05) is 36.9 Å². The second kappa shape index (κ2) is 5.92. The lowest BCUT2D eigenvalue weighted by atomic mass is 10.1. The van der Waals surface area contributed by atoms with E-state index < -0.39 is 0 Å². The molecule has 0 aromatic heterocycles. The van der Waals surface area contributed by atoms with Gasteiger partial charge in [-0.3, -0.25) is 0 Å². The van der Waals surface area contributed by atoms with E-state index in [2.05, 4.69) is 24.0 Å². The minimum absolute atomic E-state index is 0.814. The Kier molecular flexibility index (Phi) is 4.26. The topological polar surface area (TPSA) is 38.5 Å². The average Bonchev–Trinajstić information content (AvgIpc) is 2.72. The maximum absolute atomic E-state index is 5.83. The van der Waals surface area contributed by atoms with Crippen molar-refractivity contribution >= 4 is 11.4 Å².